The number of imidazole rings is 1. The van der Waals surface area contributed by atoms with Crippen LogP contribution in [0.15, 0.2) is 30.0 Å². The molecule has 10 atom stereocenters. The zero-order valence-electron chi connectivity index (χ0n) is 28.9. The summed E-state index contributed by atoms with van der Waals surface area (Å²) in [4.78, 5) is 42.1. The van der Waals surface area contributed by atoms with E-state index in [2.05, 4.69) is 37.2 Å². The van der Waals surface area contributed by atoms with Gasteiger partial charge in [0.25, 0.3) is 5.56 Å². The highest BCUT2D eigenvalue weighted by Gasteiger charge is 2.56. The molecule has 290 valence electrons. The number of phosphoric ester groups is 1. The number of thiol groups is 1. The Hall–Kier alpha value is -2.66. The predicted octanol–water partition coefficient (Wildman–Crippen LogP) is 3.63. The van der Waals surface area contributed by atoms with Gasteiger partial charge in [-0.2, -0.15) is 0 Å². The topological polar surface area (TPSA) is 239 Å². The quantitative estimate of drug-likeness (QED) is 0.128. The molecule has 2 bridgehead atoms. The van der Waals surface area contributed by atoms with Crippen molar-refractivity contribution in [2.75, 3.05) is 18.9 Å². The first-order valence-electron chi connectivity index (χ1n) is 16.3. The number of ether oxygens (including phenoxy) is 2. The third-order valence-corrected chi connectivity index (χ3v) is 16.9. The molecule has 4 aromatic rings. The van der Waals surface area contributed by atoms with Crippen molar-refractivity contribution >= 4 is 63.2 Å². The number of hydrogen-bond acceptors (Lipinski definition) is 15. The first-order chi connectivity index (χ1) is 24.8. The van der Waals surface area contributed by atoms with Gasteiger partial charge in [0.1, 0.15) is 59.5 Å². The van der Waals surface area contributed by atoms with Crippen molar-refractivity contribution in [3.63, 3.8) is 0 Å². The third kappa shape index (κ3) is 7.39. The molecule has 3 saturated heterocycles. The number of nitrogens with one attached hydrogen (secondary N) is 1. The molecule has 25 heteroatoms. The minimum atomic E-state index is -5.10. The van der Waals surface area contributed by atoms with E-state index in [1.807, 2.05) is 33.9 Å². The fourth-order valence-electron chi connectivity index (χ4n) is 6.23. The lowest BCUT2D eigenvalue weighted by Crippen LogP contribution is -2.50. The molecule has 0 saturated carbocycles. The molecule has 3 aliphatic heterocycles. The number of aromatic amines is 1. The van der Waals surface area contributed by atoms with Crippen molar-refractivity contribution in [2.24, 2.45) is 0 Å². The molecule has 0 aromatic carbocycles. The molecular weight excluding hydrogens is 784 g/mol. The number of halogens is 2. The number of nitrogens with zero attached hydrogens (tertiary/aromatic N) is 6. The van der Waals surface area contributed by atoms with E-state index in [0.717, 1.165) is 18.9 Å². The first-order valence-corrected chi connectivity index (χ1v) is 23.4. The summed E-state index contributed by atoms with van der Waals surface area (Å²) in [6.07, 6.45) is -7.15. The summed E-state index contributed by atoms with van der Waals surface area (Å²) in [6.45, 7) is 3.71. The first kappa shape index (κ1) is 38.6. The van der Waals surface area contributed by atoms with E-state index in [9.17, 15) is 23.2 Å². The normalized spacial score (nSPS) is 34.5. The van der Waals surface area contributed by atoms with Crippen molar-refractivity contribution in [1.29, 1.82) is 0 Å². The van der Waals surface area contributed by atoms with Crippen molar-refractivity contribution in [2.45, 2.75) is 94.5 Å². The molecular formula is C28H38F2N8O11P2SSi. The van der Waals surface area contributed by atoms with Crippen molar-refractivity contribution in [3.8, 4) is 0 Å². The minimum absolute atomic E-state index is 0.0270. The van der Waals surface area contributed by atoms with Crippen molar-refractivity contribution < 1.29 is 54.8 Å². The van der Waals surface area contributed by atoms with Crippen LogP contribution in [0.3, 0.4) is 0 Å². The zero-order valence-corrected chi connectivity index (χ0v) is 32.6. The smallest absolute Gasteiger partial charge is 0.408 e. The van der Waals surface area contributed by atoms with Crippen LogP contribution in [0.4, 0.5) is 14.6 Å². The summed E-state index contributed by atoms with van der Waals surface area (Å²) >= 11 is 4.13. The number of nitrogen functional groups attached to an aromatic ring is 1. The van der Waals surface area contributed by atoms with Gasteiger partial charge in [0.15, 0.2) is 38.0 Å². The fraction of sp³-hybridized carbons (Fsp3) is 0.607. The molecule has 0 aliphatic carbocycles. The monoisotopic (exact) mass is 822 g/mol. The molecule has 4 unspecified atom stereocenters. The average molecular weight is 823 g/mol. The maximum atomic E-state index is 16.3. The van der Waals surface area contributed by atoms with Crippen LogP contribution in [0.1, 0.15) is 27.0 Å². The lowest BCUT2D eigenvalue weighted by molar-refractivity contribution is -0.0524. The standard InChI is InChI=1S/C28H38F2N8O11P2SSi/c1-28(2,3)53(4,5)49-22-16-9-44-51(42,52)48-20-15(46-27(18(20)30)38-12-36-19-23(31)32-10-34-25(19)38)8-43-50(40,41)47-21(22)14(45-16)7-37-6-13(29)17-24(37)33-11-35-26(17)39/h6,10-12,14-16,18,20-22,27H,7-9H2,1-5H3,(H,40,41)(H,42,52)(H2,31,32,34)(H,33,35,39)/t14-,15?,16+,18+,20+,21-,22?,27+,51?/m0/s1. The van der Waals surface area contributed by atoms with E-state index in [1.54, 1.807) is 0 Å². The highest BCUT2D eigenvalue weighted by molar-refractivity contribution is 8.44. The van der Waals surface area contributed by atoms with Crippen LogP contribution in [0.25, 0.3) is 22.2 Å². The summed E-state index contributed by atoms with van der Waals surface area (Å²) in [5.74, 6) is -0.831. The molecule has 0 amide bonds. The number of nitrogens with two attached hydrogens (primary N) is 1. The minimum Gasteiger partial charge on any atom is -0.408 e. The van der Waals surface area contributed by atoms with Crippen LogP contribution in [0.2, 0.25) is 18.1 Å². The molecule has 53 heavy (non-hydrogen) atoms. The number of H-pyrrole nitrogens is 1. The van der Waals surface area contributed by atoms with E-state index in [1.165, 1.54) is 15.5 Å². The van der Waals surface area contributed by atoms with Gasteiger partial charge in [-0.15, -0.1) is 0 Å². The molecule has 7 heterocycles. The number of phosphoric acid groups is 1. The van der Waals surface area contributed by atoms with Gasteiger partial charge in [-0.1, -0.05) is 33.0 Å². The van der Waals surface area contributed by atoms with Gasteiger partial charge in [0.05, 0.1) is 32.4 Å². The van der Waals surface area contributed by atoms with Crippen LogP contribution < -0.4 is 11.3 Å². The fourth-order valence-corrected chi connectivity index (χ4v) is 9.99. The number of alkyl halides is 1. The van der Waals surface area contributed by atoms with Gasteiger partial charge in [0, 0.05) is 6.20 Å². The van der Waals surface area contributed by atoms with Crippen molar-refractivity contribution in [1.82, 2.24) is 34.1 Å². The molecule has 7 rings (SSSR count). The second-order valence-corrected chi connectivity index (χ2v) is 23.4. The number of aromatic nitrogens is 7. The van der Waals surface area contributed by atoms with Gasteiger partial charge in [-0.3, -0.25) is 27.5 Å². The van der Waals surface area contributed by atoms with Gasteiger partial charge in [-0.25, -0.2) is 37.8 Å². The number of anilines is 1. The maximum absolute atomic E-state index is 16.3. The number of rotatable bonds is 5. The molecule has 3 fully saturated rings. The van der Waals surface area contributed by atoms with Gasteiger partial charge in [-0.05, 0) is 18.1 Å². The van der Waals surface area contributed by atoms with Gasteiger partial charge < -0.3 is 34.1 Å². The summed E-state index contributed by atoms with van der Waals surface area (Å²) in [7, 11) is -7.84. The largest absolute Gasteiger partial charge is 0.472 e. The summed E-state index contributed by atoms with van der Waals surface area (Å²) < 4.78 is 103. The lowest BCUT2D eigenvalue weighted by Gasteiger charge is -2.40. The van der Waals surface area contributed by atoms with Gasteiger partial charge in [0.2, 0.25) is 0 Å². The van der Waals surface area contributed by atoms with Crippen LogP contribution >= 0.6 is 26.9 Å². The Balaban J connectivity index is 1.23. The van der Waals surface area contributed by atoms with Crippen molar-refractivity contribution in [3.05, 3.63) is 41.3 Å². The van der Waals surface area contributed by atoms with Crippen LogP contribution in [-0.4, -0.2) is 103 Å². The molecule has 19 nitrogen and oxygen atoms in total. The molecule has 0 spiro atoms. The summed E-state index contributed by atoms with van der Waals surface area (Å²) in [5.41, 5.74) is 5.42. The Morgan fingerprint density at radius 3 is 2.57 bits per heavy atom. The molecule has 3 aliphatic rings. The highest BCUT2D eigenvalue weighted by atomic mass is 32.7. The van der Waals surface area contributed by atoms with E-state index >= 15 is 4.39 Å². The predicted molar refractivity (Wildman–Crippen MR) is 188 cm³/mol. The number of fused-ring (bicyclic) bond motifs is 5. The van der Waals surface area contributed by atoms with E-state index in [4.69, 9.17) is 37.7 Å². The Morgan fingerprint density at radius 2 is 1.83 bits per heavy atom. The Labute approximate surface area is 306 Å². The lowest BCUT2D eigenvalue weighted by atomic mass is 10.1. The van der Waals surface area contributed by atoms with E-state index in [0.29, 0.717) is 0 Å². The van der Waals surface area contributed by atoms with E-state index in [-0.39, 0.29) is 39.6 Å². The second kappa shape index (κ2) is 13.8. The third-order valence-electron chi connectivity index (χ3n) is 9.87. The Bertz CT molecular complexity index is 2190. The van der Waals surface area contributed by atoms with Gasteiger partial charge >= 0.3 is 14.6 Å². The summed E-state index contributed by atoms with van der Waals surface area (Å²) in [6, 6.07) is 0. The SMILES string of the molecule is CC(C)(C)[Si](C)(C)OC1[C@H]2OP(=O)(O)OCC3O[C@@H](n4cnc5c(N)ncnc54)[C@H](F)[C@@H]3OP(=O)(S)OC[C@H]1O[C@H]2Cn1cc(F)c2c(=O)[nH]cnc21. The van der Waals surface area contributed by atoms with E-state index < -0.39 is 96.6 Å². The van der Waals surface area contributed by atoms with Crippen LogP contribution in [0, 0.1) is 5.82 Å². The molecule has 4 N–H and O–H groups in total. The molecule has 0 radical (unpaired) electrons. The zero-order chi connectivity index (χ0) is 38.2. The summed E-state index contributed by atoms with van der Waals surface area (Å²) in [5, 5.41) is -0.686. The Kier molecular flexibility index (Phi) is 10.1. The Morgan fingerprint density at radius 1 is 1.09 bits per heavy atom. The number of hydrogen-bond donors (Lipinski definition) is 4. The maximum Gasteiger partial charge on any atom is 0.472 e. The van der Waals surface area contributed by atoms with Crippen LogP contribution in [-0.2, 0) is 47.7 Å². The van der Waals surface area contributed by atoms with Crippen LogP contribution in [0.5, 0.6) is 0 Å². The highest BCUT2D eigenvalue weighted by Crippen LogP contribution is 2.58. The average Bonchev–Trinajstić information content (AvgIpc) is 3.79. The molecule has 4 aromatic heterocycles. The second-order valence-electron chi connectivity index (χ2n) is 14.4.